The highest BCUT2D eigenvalue weighted by Gasteiger charge is 2.59. The SMILES string of the molecule is [C-]#[N+]c1ccc(N2C(=O)C3(CCC3)N(c3ccc(C(=O)NC)c(F)c3)C2=S)cc1CO. The molecule has 1 saturated heterocycles. The van der Waals surface area contributed by atoms with Crippen LogP contribution in [0.4, 0.5) is 21.5 Å². The van der Waals surface area contributed by atoms with Crippen molar-refractivity contribution in [2.75, 3.05) is 16.8 Å². The first-order chi connectivity index (χ1) is 14.9. The van der Waals surface area contributed by atoms with Crippen molar-refractivity contribution < 1.29 is 19.1 Å². The number of hydrogen-bond donors (Lipinski definition) is 2. The first-order valence-electron chi connectivity index (χ1n) is 9.69. The molecule has 1 saturated carbocycles. The van der Waals surface area contributed by atoms with Gasteiger partial charge in [0.15, 0.2) is 10.8 Å². The lowest BCUT2D eigenvalue weighted by atomic mass is 9.75. The molecule has 158 valence electrons. The minimum atomic E-state index is -0.907. The first-order valence-corrected chi connectivity index (χ1v) is 10.1. The van der Waals surface area contributed by atoms with Crippen molar-refractivity contribution in [2.45, 2.75) is 31.4 Å². The quantitative estimate of drug-likeness (QED) is 0.566. The Morgan fingerprint density at radius 2 is 2.00 bits per heavy atom. The van der Waals surface area contributed by atoms with Crippen molar-refractivity contribution in [3.05, 3.63) is 64.8 Å². The molecule has 31 heavy (non-hydrogen) atoms. The van der Waals surface area contributed by atoms with Gasteiger partial charge < -0.3 is 15.3 Å². The van der Waals surface area contributed by atoms with Crippen LogP contribution in [-0.2, 0) is 11.4 Å². The van der Waals surface area contributed by atoms with Crippen LogP contribution in [0, 0.1) is 12.4 Å². The average Bonchev–Trinajstić information content (AvgIpc) is 2.99. The molecule has 0 unspecified atom stereocenters. The molecule has 2 aliphatic rings. The van der Waals surface area contributed by atoms with E-state index in [-0.39, 0.29) is 23.2 Å². The Balaban J connectivity index is 1.78. The monoisotopic (exact) mass is 438 g/mol. The van der Waals surface area contributed by atoms with E-state index in [1.54, 1.807) is 23.1 Å². The van der Waals surface area contributed by atoms with Crippen LogP contribution in [-0.4, -0.2) is 34.6 Å². The summed E-state index contributed by atoms with van der Waals surface area (Å²) in [5, 5.41) is 12.2. The maximum Gasteiger partial charge on any atom is 0.259 e. The Kier molecular flexibility index (Phi) is 5.21. The summed E-state index contributed by atoms with van der Waals surface area (Å²) < 4.78 is 14.7. The van der Waals surface area contributed by atoms with E-state index >= 15 is 0 Å². The lowest BCUT2D eigenvalue weighted by molar-refractivity contribution is -0.123. The molecule has 2 aromatic carbocycles. The van der Waals surface area contributed by atoms with Gasteiger partial charge >= 0.3 is 0 Å². The van der Waals surface area contributed by atoms with Crippen molar-refractivity contribution in [2.24, 2.45) is 0 Å². The van der Waals surface area contributed by atoms with Gasteiger partial charge in [0.05, 0.1) is 18.7 Å². The van der Waals surface area contributed by atoms with Gasteiger partial charge in [-0.3, -0.25) is 14.5 Å². The Hall–Kier alpha value is -3.35. The second kappa shape index (κ2) is 7.72. The van der Waals surface area contributed by atoms with Crippen LogP contribution >= 0.6 is 12.2 Å². The predicted octanol–water partition coefficient (Wildman–Crippen LogP) is 3.29. The van der Waals surface area contributed by atoms with E-state index in [4.69, 9.17) is 18.8 Å². The van der Waals surface area contributed by atoms with Gasteiger partial charge in [-0.15, -0.1) is 0 Å². The van der Waals surface area contributed by atoms with Crippen molar-refractivity contribution in [3.63, 3.8) is 0 Å². The fourth-order valence-electron chi connectivity index (χ4n) is 4.12. The summed E-state index contributed by atoms with van der Waals surface area (Å²) in [6.45, 7) is 6.86. The number of anilines is 2. The van der Waals surface area contributed by atoms with E-state index < -0.39 is 17.3 Å². The number of amides is 2. The van der Waals surface area contributed by atoms with Gasteiger partial charge in [0.2, 0.25) is 0 Å². The third-order valence-electron chi connectivity index (χ3n) is 5.89. The van der Waals surface area contributed by atoms with Crippen LogP contribution in [0.15, 0.2) is 36.4 Å². The molecule has 2 aromatic rings. The van der Waals surface area contributed by atoms with E-state index in [9.17, 15) is 19.1 Å². The minimum Gasteiger partial charge on any atom is -0.393 e. The summed E-state index contributed by atoms with van der Waals surface area (Å²) in [6.07, 6.45) is 1.96. The van der Waals surface area contributed by atoms with E-state index in [2.05, 4.69) is 10.2 Å². The normalized spacial score (nSPS) is 17.0. The van der Waals surface area contributed by atoms with Crippen LogP contribution in [0.5, 0.6) is 0 Å². The van der Waals surface area contributed by atoms with E-state index in [1.807, 2.05) is 0 Å². The maximum atomic E-state index is 14.7. The molecule has 0 radical (unpaired) electrons. The van der Waals surface area contributed by atoms with Crippen LogP contribution in [0.2, 0.25) is 0 Å². The lowest BCUT2D eigenvalue weighted by Gasteiger charge is -2.43. The van der Waals surface area contributed by atoms with Crippen molar-refractivity contribution in [3.8, 4) is 0 Å². The molecular formula is C22H19FN4O3S. The van der Waals surface area contributed by atoms with E-state index in [0.29, 0.717) is 35.5 Å². The topological polar surface area (TPSA) is 77.2 Å². The second-order valence-corrected chi connectivity index (χ2v) is 7.84. The molecule has 9 heteroatoms. The van der Waals surface area contributed by atoms with Gasteiger partial charge in [-0.25, -0.2) is 9.24 Å². The Bertz CT molecular complexity index is 1160. The number of thiocarbonyl (C=S) groups is 1. The lowest BCUT2D eigenvalue weighted by Crippen LogP contribution is -2.55. The molecule has 1 aliphatic carbocycles. The standard InChI is InChI=1S/C22H19FN4O3S/c1-24-18-7-5-14(10-13(18)12-28)26-20(30)22(8-3-9-22)27(21(26)31)15-4-6-16(17(23)11-15)19(29)25-2/h4-7,10-11,28H,3,8-9,12H2,2H3,(H,25,29). The molecule has 4 rings (SSSR count). The fourth-order valence-corrected chi connectivity index (χ4v) is 4.59. The third kappa shape index (κ3) is 3.07. The van der Waals surface area contributed by atoms with Gasteiger partial charge in [-0.1, -0.05) is 6.07 Å². The highest BCUT2D eigenvalue weighted by atomic mass is 32.1. The highest BCUT2D eigenvalue weighted by Crippen LogP contribution is 2.48. The number of carbonyl (C=O) groups is 2. The molecule has 2 fully saturated rings. The number of halogens is 1. The Labute approximate surface area is 183 Å². The number of nitrogens with one attached hydrogen (secondary N) is 1. The number of aliphatic hydroxyl groups excluding tert-OH is 1. The van der Waals surface area contributed by atoms with Crippen LogP contribution in [0.3, 0.4) is 0 Å². The van der Waals surface area contributed by atoms with Crippen molar-refractivity contribution in [1.82, 2.24) is 5.32 Å². The predicted molar refractivity (Wildman–Crippen MR) is 118 cm³/mol. The molecule has 7 nitrogen and oxygen atoms in total. The Morgan fingerprint density at radius 3 is 2.55 bits per heavy atom. The van der Waals surface area contributed by atoms with Crippen LogP contribution in [0.25, 0.3) is 4.85 Å². The molecule has 2 N–H and O–H groups in total. The number of carbonyl (C=O) groups excluding carboxylic acids is 2. The van der Waals surface area contributed by atoms with Gasteiger partial charge in [0, 0.05) is 18.4 Å². The van der Waals surface area contributed by atoms with Gasteiger partial charge in [0.25, 0.3) is 11.8 Å². The number of rotatable bonds is 4. The number of hydrogen-bond acceptors (Lipinski definition) is 4. The van der Waals surface area contributed by atoms with Crippen LogP contribution in [0.1, 0.15) is 35.2 Å². The van der Waals surface area contributed by atoms with Crippen molar-refractivity contribution >= 4 is 46.2 Å². The van der Waals surface area contributed by atoms with Crippen molar-refractivity contribution in [1.29, 1.82) is 0 Å². The summed E-state index contributed by atoms with van der Waals surface area (Å²) in [4.78, 5) is 31.7. The second-order valence-electron chi connectivity index (χ2n) is 7.47. The van der Waals surface area contributed by atoms with E-state index in [0.717, 1.165) is 6.42 Å². The summed E-state index contributed by atoms with van der Waals surface area (Å²) in [5.41, 5.74) is 0.532. The zero-order valence-electron chi connectivity index (χ0n) is 16.7. The molecule has 1 heterocycles. The number of benzene rings is 2. The third-order valence-corrected chi connectivity index (χ3v) is 6.25. The smallest absolute Gasteiger partial charge is 0.259 e. The van der Waals surface area contributed by atoms with Gasteiger partial charge in [-0.05, 0) is 67.4 Å². The molecule has 0 atom stereocenters. The Morgan fingerprint density at radius 1 is 1.29 bits per heavy atom. The molecule has 0 aromatic heterocycles. The minimum absolute atomic E-state index is 0.0930. The average molecular weight is 438 g/mol. The zero-order valence-corrected chi connectivity index (χ0v) is 17.5. The molecule has 2 amide bonds. The fraction of sp³-hybridized carbons (Fsp3) is 0.273. The van der Waals surface area contributed by atoms with Gasteiger partial charge in [0.1, 0.15) is 11.4 Å². The summed E-state index contributed by atoms with van der Waals surface area (Å²) >= 11 is 5.65. The van der Waals surface area contributed by atoms with E-state index in [1.165, 1.54) is 30.1 Å². The maximum absolute atomic E-state index is 14.7. The molecule has 1 aliphatic heterocycles. The summed E-state index contributed by atoms with van der Waals surface area (Å²) in [7, 11) is 1.42. The number of aliphatic hydroxyl groups is 1. The first kappa shape index (κ1) is 20.9. The summed E-state index contributed by atoms with van der Waals surface area (Å²) in [5.74, 6) is -1.47. The number of nitrogens with zero attached hydrogens (tertiary/aromatic N) is 3. The molecular weight excluding hydrogens is 419 g/mol. The van der Waals surface area contributed by atoms with Gasteiger partial charge in [-0.2, -0.15) is 0 Å². The zero-order chi connectivity index (χ0) is 22.3. The molecule has 1 spiro atoms. The van der Waals surface area contributed by atoms with Crippen LogP contribution < -0.4 is 15.1 Å². The summed E-state index contributed by atoms with van der Waals surface area (Å²) in [6, 6.07) is 8.90. The largest absolute Gasteiger partial charge is 0.393 e. The highest BCUT2D eigenvalue weighted by molar-refractivity contribution is 7.81. The molecule has 0 bridgehead atoms.